The van der Waals surface area contributed by atoms with Crippen molar-refractivity contribution >= 4 is 16.9 Å². The van der Waals surface area contributed by atoms with Crippen LogP contribution in [0.5, 0.6) is 5.75 Å². The Kier molecular flexibility index (Phi) is 4.60. The number of nitrogens with zero attached hydrogens (tertiary/aromatic N) is 1. The summed E-state index contributed by atoms with van der Waals surface area (Å²) in [5.41, 5.74) is 2.47. The first-order chi connectivity index (χ1) is 13.1. The van der Waals surface area contributed by atoms with Crippen molar-refractivity contribution in [1.29, 1.82) is 0 Å². The minimum absolute atomic E-state index is 0.0285. The van der Waals surface area contributed by atoms with Crippen molar-refractivity contribution in [3.63, 3.8) is 0 Å². The summed E-state index contributed by atoms with van der Waals surface area (Å²) in [6.07, 6.45) is 3.72. The summed E-state index contributed by atoms with van der Waals surface area (Å²) in [7, 11) is 0. The summed E-state index contributed by atoms with van der Waals surface area (Å²) in [4.78, 5) is 15.0. The third kappa shape index (κ3) is 3.07. The van der Waals surface area contributed by atoms with Crippen LogP contribution in [-0.4, -0.2) is 29.0 Å². The molecule has 140 valence electrons. The number of amides is 1. The largest absolute Gasteiger partial charge is 0.507 e. The third-order valence-electron chi connectivity index (χ3n) is 5.25. The molecule has 0 aliphatic carbocycles. The SMILES string of the molecule is CCc1c(-c2ccc(F)cc2)oc2ccc(O)c(C(=O)N3CCCCC3)c12. The molecule has 4 rings (SSSR count). The number of furan rings is 1. The van der Waals surface area contributed by atoms with Crippen molar-refractivity contribution in [2.75, 3.05) is 13.1 Å². The number of aryl methyl sites for hydroxylation is 1. The van der Waals surface area contributed by atoms with E-state index >= 15 is 0 Å². The van der Waals surface area contributed by atoms with E-state index in [4.69, 9.17) is 4.42 Å². The maximum absolute atomic E-state index is 13.3. The molecule has 4 nitrogen and oxygen atoms in total. The van der Waals surface area contributed by atoms with Gasteiger partial charge in [-0.1, -0.05) is 6.92 Å². The van der Waals surface area contributed by atoms with Crippen molar-refractivity contribution in [2.24, 2.45) is 0 Å². The average Bonchev–Trinajstić information content (AvgIpc) is 3.07. The van der Waals surface area contributed by atoms with Crippen LogP contribution in [0, 0.1) is 5.82 Å². The topological polar surface area (TPSA) is 53.7 Å². The highest BCUT2D eigenvalue weighted by molar-refractivity contribution is 6.10. The van der Waals surface area contributed by atoms with Crippen molar-refractivity contribution < 1.29 is 18.7 Å². The smallest absolute Gasteiger partial charge is 0.258 e. The molecule has 0 bridgehead atoms. The van der Waals surface area contributed by atoms with E-state index < -0.39 is 0 Å². The number of aromatic hydroxyl groups is 1. The highest BCUT2D eigenvalue weighted by Crippen LogP contribution is 2.39. The van der Waals surface area contributed by atoms with Gasteiger partial charge in [-0.2, -0.15) is 0 Å². The first-order valence-electron chi connectivity index (χ1n) is 9.42. The minimum atomic E-state index is -0.313. The van der Waals surface area contributed by atoms with Crippen LogP contribution in [0.1, 0.15) is 42.1 Å². The van der Waals surface area contributed by atoms with E-state index in [0.717, 1.165) is 30.4 Å². The van der Waals surface area contributed by atoms with Crippen molar-refractivity contribution in [3.05, 3.63) is 53.3 Å². The Morgan fingerprint density at radius 1 is 1.11 bits per heavy atom. The summed E-state index contributed by atoms with van der Waals surface area (Å²) in [6, 6.07) is 9.30. The molecular weight excluding hydrogens is 345 g/mol. The Labute approximate surface area is 157 Å². The molecular formula is C22H22FNO3. The Balaban J connectivity index is 1.90. The van der Waals surface area contributed by atoms with Crippen LogP contribution in [0.15, 0.2) is 40.8 Å². The van der Waals surface area contributed by atoms with Crippen molar-refractivity contribution in [1.82, 2.24) is 4.90 Å². The number of fused-ring (bicyclic) bond motifs is 1. The number of benzene rings is 2. The summed E-state index contributed by atoms with van der Waals surface area (Å²) < 4.78 is 19.3. The zero-order valence-corrected chi connectivity index (χ0v) is 15.3. The van der Waals surface area contributed by atoms with Crippen LogP contribution in [0.25, 0.3) is 22.3 Å². The lowest BCUT2D eigenvalue weighted by Crippen LogP contribution is -2.35. The van der Waals surface area contributed by atoms with Gasteiger partial charge in [-0.3, -0.25) is 4.79 Å². The van der Waals surface area contributed by atoms with E-state index in [0.29, 0.717) is 41.8 Å². The van der Waals surface area contributed by atoms with E-state index in [9.17, 15) is 14.3 Å². The molecule has 5 heteroatoms. The zero-order valence-electron chi connectivity index (χ0n) is 15.3. The summed E-state index contributed by atoms with van der Waals surface area (Å²) >= 11 is 0. The third-order valence-corrected chi connectivity index (χ3v) is 5.25. The maximum Gasteiger partial charge on any atom is 0.258 e. The van der Waals surface area contributed by atoms with Crippen molar-refractivity contribution in [2.45, 2.75) is 32.6 Å². The van der Waals surface area contributed by atoms with Crippen LogP contribution in [-0.2, 0) is 6.42 Å². The number of hydrogen-bond donors (Lipinski definition) is 1. The number of hydrogen-bond acceptors (Lipinski definition) is 3. The van der Waals surface area contributed by atoms with Crippen LogP contribution in [0.4, 0.5) is 4.39 Å². The van der Waals surface area contributed by atoms with Gasteiger partial charge in [-0.25, -0.2) is 4.39 Å². The van der Waals surface area contributed by atoms with Crippen LogP contribution in [0.2, 0.25) is 0 Å². The molecule has 1 aliphatic rings. The Morgan fingerprint density at radius 3 is 2.48 bits per heavy atom. The molecule has 3 aromatic rings. The van der Waals surface area contributed by atoms with Crippen molar-refractivity contribution in [3.8, 4) is 17.1 Å². The number of carbonyl (C=O) groups excluding carboxylic acids is 1. The number of likely N-dealkylation sites (tertiary alicyclic amines) is 1. The first-order valence-corrected chi connectivity index (χ1v) is 9.42. The standard InChI is InChI=1S/C22H22FNO3/c1-2-16-19-18(27-21(16)14-6-8-15(23)9-7-14)11-10-17(25)20(19)22(26)24-12-4-3-5-13-24/h6-11,25H,2-5,12-13H2,1H3. The average molecular weight is 367 g/mol. The number of phenols is 1. The van der Waals surface area contributed by atoms with Gasteiger partial charge in [0.15, 0.2) is 0 Å². The van der Waals surface area contributed by atoms with Gasteiger partial charge in [0.05, 0.1) is 5.56 Å². The number of phenolic OH excluding ortho intramolecular Hbond substituents is 1. The maximum atomic E-state index is 13.3. The molecule has 1 saturated heterocycles. The molecule has 0 unspecified atom stereocenters. The number of piperidine rings is 1. The van der Waals surface area contributed by atoms with Gasteiger partial charge in [0, 0.05) is 29.6 Å². The lowest BCUT2D eigenvalue weighted by Gasteiger charge is -2.27. The molecule has 0 saturated carbocycles. The first kappa shape index (κ1) is 17.6. The van der Waals surface area contributed by atoms with E-state index in [2.05, 4.69) is 0 Å². The van der Waals surface area contributed by atoms with E-state index in [1.54, 1.807) is 18.2 Å². The van der Waals surface area contributed by atoms with Gasteiger partial charge in [-0.15, -0.1) is 0 Å². The van der Waals surface area contributed by atoms with E-state index in [1.807, 2.05) is 11.8 Å². The summed E-state index contributed by atoms with van der Waals surface area (Å²) in [5.74, 6) is 0.121. The Bertz CT molecular complexity index is 985. The fourth-order valence-corrected chi connectivity index (χ4v) is 3.89. The van der Waals surface area contributed by atoms with Crippen LogP contribution >= 0.6 is 0 Å². The molecule has 1 amide bonds. The number of halogens is 1. The van der Waals surface area contributed by atoms with Gasteiger partial charge in [-0.05, 0) is 62.1 Å². The number of carbonyl (C=O) groups is 1. The Hall–Kier alpha value is -2.82. The highest BCUT2D eigenvalue weighted by Gasteiger charge is 2.27. The molecule has 1 fully saturated rings. The molecule has 27 heavy (non-hydrogen) atoms. The Morgan fingerprint density at radius 2 is 1.81 bits per heavy atom. The quantitative estimate of drug-likeness (QED) is 0.698. The van der Waals surface area contributed by atoms with Gasteiger partial charge in [0.1, 0.15) is 22.9 Å². The molecule has 0 atom stereocenters. The zero-order chi connectivity index (χ0) is 19.0. The van der Waals surface area contributed by atoms with E-state index in [1.165, 1.54) is 18.2 Å². The molecule has 2 aromatic carbocycles. The fraction of sp³-hybridized carbons (Fsp3) is 0.318. The monoisotopic (exact) mass is 367 g/mol. The molecule has 0 spiro atoms. The number of rotatable bonds is 3. The molecule has 2 heterocycles. The van der Waals surface area contributed by atoms with E-state index in [-0.39, 0.29) is 17.5 Å². The summed E-state index contributed by atoms with van der Waals surface area (Å²) in [6.45, 7) is 3.40. The molecule has 1 aliphatic heterocycles. The predicted molar refractivity (Wildman–Crippen MR) is 102 cm³/mol. The molecule has 1 N–H and O–H groups in total. The highest BCUT2D eigenvalue weighted by atomic mass is 19.1. The second-order valence-corrected chi connectivity index (χ2v) is 6.96. The molecule has 1 aromatic heterocycles. The van der Waals surface area contributed by atoms with Crippen LogP contribution < -0.4 is 0 Å². The second-order valence-electron chi connectivity index (χ2n) is 6.96. The predicted octanol–water partition coefficient (Wildman–Crippen LogP) is 5.13. The second kappa shape index (κ2) is 7.06. The lowest BCUT2D eigenvalue weighted by molar-refractivity contribution is 0.0723. The van der Waals surface area contributed by atoms with Crippen LogP contribution in [0.3, 0.4) is 0 Å². The minimum Gasteiger partial charge on any atom is -0.507 e. The van der Waals surface area contributed by atoms with Gasteiger partial charge >= 0.3 is 0 Å². The molecule has 0 radical (unpaired) electrons. The summed E-state index contributed by atoms with van der Waals surface area (Å²) in [5, 5.41) is 11.2. The van der Waals surface area contributed by atoms with Gasteiger partial charge in [0.2, 0.25) is 0 Å². The fourth-order valence-electron chi connectivity index (χ4n) is 3.89. The van der Waals surface area contributed by atoms with Gasteiger partial charge in [0.25, 0.3) is 5.91 Å². The lowest BCUT2D eigenvalue weighted by atomic mass is 9.98. The van der Waals surface area contributed by atoms with Gasteiger partial charge < -0.3 is 14.4 Å². The normalized spacial score (nSPS) is 14.7.